The third-order valence-electron chi connectivity index (χ3n) is 10.8. The standard InChI is InChI=1S/C50H36N2/c1-3-14-40(15-4-1)51(43-30-24-37(25-31-43)45-20-11-13-36-12-7-8-18-44(36)45)42-28-22-35(23-29-42)38-26-32-46-39(34-38)27-33-49-50(46)47-19-9-10-21-48(47)52(49)41-16-5-2-6-17-41/h1-34,49-50H. The zero-order chi connectivity index (χ0) is 34.4. The van der Waals surface area contributed by atoms with Crippen molar-refractivity contribution >= 4 is 45.3 Å². The molecule has 2 atom stereocenters. The lowest BCUT2D eigenvalue weighted by molar-refractivity contribution is 0.725. The fourth-order valence-electron chi connectivity index (χ4n) is 8.39. The van der Waals surface area contributed by atoms with E-state index in [1.54, 1.807) is 0 Å². The lowest BCUT2D eigenvalue weighted by atomic mass is 9.80. The van der Waals surface area contributed by atoms with E-state index in [-0.39, 0.29) is 6.04 Å². The highest BCUT2D eigenvalue weighted by molar-refractivity contribution is 5.97. The molecule has 52 heavy (non-hydrogen) atoms. The Hall–Kier alpha value is -6.64. The maximum Gasteiger partial charge on any atom is 0.0635 e. The van der Waals surface area contributed by atoms with Gasteiger partial charge in [-0.15, -0.1) is 0 Å². The summed E-state index contributed by atoms with van der Waals surface area (Å²) < 4.78 is 0. The van der Waals surface area contributed by atoms with Crippen LogP contribution >= 0.6 is 0 Å². The molecule has 0 fully saturated rings. The molecule has 0 amide bonds. The van der Waals surface area contributed by atoms with Crippen LogP contribution in [0.15, 0.2) is 200 Å². The number of hydrogen-bond acceptors (Lipinski definition) is 2. The van der Waals surface area contributed by atoms with Crippen molar-refractivity contribution < 1.29 is 0 Å². The van der Waals surface area contributed by atoms with E-state index < -0.39 is 0 Å². The molecule has 0 saturated carbocycles. The predicted octanol–water partition coefficient (Wildman–Crippen LogP) is 13.3. The molecule has 10 rings (SSSR count). The van der Waals surface area contributed by atoms with Gasteiger partial charge in [-0.3, -0.25) is 0 Å². The first-order chi connectivity index (χ1) is 25.8. The summed E-state index contributed by atoms with van der Waals surface area (Å²) in [6.07, 6.45) is 4.73. The van der Waals surface area contributed by atoms with E-state index in [1.165, 1.54) is 61.1 Å². The predicted molar refractivity (Wildman–Crippen MR) is 219 cm³/mol. The van der Waals surface area contributed by atoms with Crippen molar-refractivity contribution in [2.24, 2.45) is 0 Å². The summed E-state index contributed by atoms with van der Waals surface area (Å²) >= 11 is 0. The van der Waals surface area contributed by atoms with E-state index in [0.717, 1.165) is 17.1 Å². The van der Waals surface area contributed by atoms with Gasteiger partial charge in [0.05, 0.1) is 6.04 Å². The smallest absolute Gasteiger partial charge is 0.0635 e. The zero-order valence-electron chi connectivity index (χ0n) is 28.7. The Morgan fingerprint density at radius 2 is 1.06 bits per heavy atom. The van der Waals surface area contributed by atoms with E-state index in [9.17, 15) is 0 Å². The fraction of sp³-hybridized carbons (Fsp3) is 0.0400. The van der Waals surface area contributed by atoms with Gasteiger partial charge in [-0.2, -0.15) is 0 Å². The largest absolute Gasteiger partial charge is 0.333 e. The van der Waals surface area contributed by atoms with Gasteiger partial charge in [-0.05, 0) is 110 Å². The maximum absolute atomic E-state index is 2.50. The van der Waals surface area contributed by atoms with Gasteiger partial charge >= 0.3 is 0 Å². The lowest BCUT2D eigenvalue weighted by Crippen LogP contribution is -2.30. The number of anilines is 5. The molecule has 246 valence electrons. The third-order valence-corrected chi connectivity index (χ3v) is 10.8. The highest BCUT2D eigenvalue weighted by Gasteiger charge is 2.40. The highest BCUT2D eigenvalue weighted by Crippen LogP contribution is 2.51. The van der Waals surface area contributed by atoms with Crippen LogP contribution in [0.2, 0.25) is 0 Å². The average Bonchev–Trinajstić information content (AvgIpc) is 3.57. The van der Waals surface area contributed by atoms with Gasteiger partial charge in [0.1, 0.15) is 0 Å². The topological polar surface area (TPSA) is 6.48 Å². The molecule has 0 radical (unpaired) electrons. The van der Waals surface area contributed by atoms with Crippen molar-refractivity contribution in [3.63, 3.8) is 0 Å². The van der Waals surface area contributed by atoms with Crippen LogP contribution in [0.3, 0.4) is 0 Å². The Balaban J connectivity index is 0.971. The molecule has 0 aromatic heterocycles. The van der Waals surface area contributed by atoms with Crippen LogP contribution in [-0.2, 0) is 0 Å². The van der Waals surface area contributed by atoms with Crippen LogP contribution in [-0.4, -0.2) is 6.04 Å². The molecule has 2 heteroatoms. The van der Waals surface area contributed by atoms with Crippen LogP contribution in [0.25, 0.3) is 39.1 Å². The number of fused-ring (bicyclic) bond motifs is 6. The SMILES string of the molecule is C1=CC2C(c3ccc(-c4ccc(N(c5ccccc5)c5ccc(-c6cccc7ccccc67)cc5)cc4)cc31)c1ccccc1N2c1ccccc1. The van der Waals surface area contributed by atoms with Crippen molar-refractivity contribution in [2.75, 3.05) is 9.80 Å². The van der Waals surface area contributed by atoms with Gasteiger partial charge in [0.2, 0.25) is 0 Å². The van der Waals surface area contributed by atoms with Crippen molar-refractivity contribution in [1.29, 1.82) is 0 Å². The second-order valence-corrected chi connectivity index (χ2v) is 13.7. The second kappa shape index (κ2) is 12.6. The molecule has 2 unspecified atom stereocenters. The second-order valence-electron chi connectivity index (χ2n) is 13.7. The first-order valence-electron chi connectivity index (χ1n) is 18.1. The van der Waals surface area contributed by atoms with Crippen LogP contribution < -0.4 is 9.80 Å². The van der Waals surface area contributed by atoms with Gasteiger partial charge in [0, 0.05) is 34.4 Å². The zero-order valence-corrected chi connectivity index (χ0v) is 28.7. The minimum Gasteiger partial charge on any atom is -0.333 e. The molecule has 0 bridgehead atoms. The molecule has 1 heterocycles. The van der Waals surface area contributed by atoms with Gasteiger partial charge in [-0.25, -0.2) is 0 Å². The van der Waals surface area contributed by atoms with Gasteiger partial charge in [0.15, 0.2) is 0 Å². The molecule has 0 spiro atoms. The van der Waals surface area contributed by atoms with Crippen molar-refractivity contribution in [2.45, 2.75) is 12.0 Å². The van der Waals surface area contributed by atoms with Gasteiger partial charge < -0.3 is 9.80 Å². The van der Waals surface area contributed by atoms with E-state index in [4.69, 9.17) is 0 Å². The Kier molecular flexibility index (Phi) is 7.32. The highest BCUT2D eigenvalue weighted by atomic mass is 15.2. The van der Waals surface area contributed by atoms with E-state index in [1.807, 2.05) is 0 Å². The van der Waals surface area contributed by atoms with Gasteiger partial charge in [0.25, 0.3) is 0 Å². The fourth-order valence-corrected chi connectivity index (χ4v) is 8.39. The molecular formula is C50H36N2. The molecule has 8 aromatic carbocycles. The van der Waals surface area contributed by atoms with Crippen LogP contribution in [0, 0.1) is 0 Å². The van der Waals surface area contributed by atoms with Crippen molar-refractivity contribution in [3.05, 3.63) is 217 Å². The molecule has 0 saturated heterocycles. The van der Waals surface area contributed by atoms with Gasteiger partial charge in [-0.1, -0.05) is 146 Å². The van der Waals surface area contributed by atoms with Crippen LogP contribution in [0.1, 0.15) is 22.6 Å². The summed E-state index contributed by atoms with van der Waals surface area (Å²) in [5.41, 5.74) is 14.9. The summed E-state index contributed by atoms with van der Waals surface area (Å²) in [5, 5.41) is 2.53. The number of benzene rings is 8. The molecule has 0 N–H and O–H groups in total. The summed E-state index contributed by atoms with van der Waals surface area (Å²) in [5.74, 6) is 0.291. The lowest BCUT2D eigenvalue weighted by Gasteiger charge is -2.31. The molecular weight excluding hydrogens is 629 g/mol. The number of hydrogen-bond donors (Lipinski definition) is 0. The number of nitrogens with zero attached hydrogens (tertiary/aromatic N) is 2. The quantitative estimate of drug-likeness (QED) is 0.175. The molecule has 2 nitrogen and oxygen atoms in total. The Bertz CT molecular complexity index is 2570. The maximum atomic E-state index is 2.50. The normalized spacial score (nSPS) is 15.6. The Labute approximate surface area is 305 Å². The minimum absolute atomic E-state index is 0.252. The monoisotopic (exact) mass is 664 g/mol. The number of para-hydroxylation sites is 3. The molecule has 1 aliphatic heterocycles. The summed E-state index contributed by atoms with van der Waals surface area (Å²) in [4.78, 5) is 4.84. The third kappa shape index (κ3) is 5.11. The van der Waals surface area contributed by atoms with Crippen molar-refractivity contribution in [3.8, 4) is 22.3 Å². The summed E-state index contributed by atoms with van der Waals surface area (Å²) in [6.45, 7) is 0. The van der Waals surface area contributed by atoms with Crippen molar-refractivity contribution in [1.82, 2.24) is 0 Å². The molecule has 1 aliphatic carbocycles. The van der Waals surface area contributed by atoms with Crippen LogP contribution in [0.4, 0.5) is 28.4 Å². The summed E-state index contributed by atoms with van der Waals surface area (Å²) in [6, 6.07) is 70.7. The Morgan fingerprint density at radius 1 is 0.442 bits per heavy atom. The first kappa shape index (κ1) is 30.2. The van der Waals surface area contributed by atoms with E-state index in [2.05, 4.69) is 216 Å². The molecule has 8 aromatic rings. The van der Waals surface area contributed by atoms with Crippen LogP contribution in [0.5, 0.6) is 0 Å². The Morgan fingerprint density at radius 3 is 1.85 bits per heavy atom. The number of rotatable bonds is 6. The average molecular weight is 665 g/mol. The van der Waals surface area contributed by atoms with E-state index >= 15 is 0 Å². The first-order valence-corrected chi connectivity index (χ1v) is 18.1. The summed E-state index contributed by atoms with van der Waals surface area (Å²) in [7, 11) is 0. The van der Waals surface area contributed by atoms with E-state index in [0.29, 0.717) is 5.92 Å². The molecule has 2 aliphatic rings. The minimum atomic E-state index is 0.252.